The molecule has 0 amide bonds. The molecule has 0 aromatic heterocycles. The molecule has 0 aliphatic heterocycles. The Kier molecular flexibility index (Phi) is 23.2. The van der Waals surface area contributed by atoms with E-state index in [0.29, 0.717) is 0 Å². The van der Waals surface area contributed by atoms with Gasteiger partial charge in [-0.25, -0.2) is 0 Å². The summed E-state index contributed by atoms with van der Waals surface area (Å²) >= 11 is 4.17. The largest absolute Gasteiger partial charge is 1.00 e. The van der Waals surface area contributed by atoms with E-state index in [2.05, 4.69) is 338 Å². The van der Waals surface area contributed by atoms with Crippen LogP contribution in [-0.4, -0.2) is 7.62 Å². The fraction of sp³-hybridized carbons (Fsp3) is 0.114. The van der Waals surface area contributed by atoms with Crippen molar-refractivity contribution in [2.75, 3.05) is 0 Å². The van der Waals surface area contributed by atoms with Crippen LogP contribution in [0.15, 0.2) is 243 Å². The minimum Gasteiger partial charge on any atom is -1.00 e. The SMILES string of the molecule is C[C](C)=[Ti+2].C[C](C)=[Ti+2].Cc1c[cH-]c2cccc(-c3ccccc3)c12.Cc1c[cH-]c2cccc(-c3ccccc3)c12.Cc1c[cH-]c2cccc(-c3ccccc3)c12.Cc1c[cH-]c2cccc(-c3ccccc3)c12.[Cl-].[Cl-]. The molecule has 0 aliphatic rings. The molecule has 0 heterocycles. The Labute approximate surface area is 476 Å². The molecule has 0 N–H and O–H groups in total. The van der Waals surface area contributed by atoms with Crippen LogP contribution in [-0.2, 0) is 39.9 Å². The number of halogens is 2. The first kappa shape index (κ1) is 58.8. The van der Waals surface area contributed by atoms with Crippen molar-refractivity contribution >= 4 is 50.7 Å². The van der Waals surface area contributed by atoms with Gasteiger partial charge >= 0.3 is 75.3 Å². The van der Waals surface area contributed by atoms with E-state index in [-0.39, 0.29) is 24.8 Å². The molecule has 74 heavy (non-hydrogen) atoms. The number of benzene rings is 8. The van der Waals surface area contributed by atoms with Crippen LogP contribution < -0.4 is 24.8 Å². The van der Waals surface area contributed by atoms with E-state index in [0.717, 1.165) is 0 Å². The minimum atomic E-state index is 0. The van der Waals surface area contributed by atoms with Crippen molar-refractivity contribution in [2.45, 2.75) is 55.4 Å². The van der Waals surface area contributed by atoms with Crippen LogP contribution in [0.4, 0.5) is 0 Å². The molecule has 4 heteroatoms. The van der Waals surface area contributed by atoms with Gasteiger partial charge in [-0.05, 0) is 22.3 Å². The van der Waals surface area contributed by atoms with E-state index in [1.54, 1.807) is 0 Å². The topological polar surface area (TPSA) is 0 Å². The van der Waals surface area contributed by atoms with E-state index in [1.807, 2.05) is 0 Å². The van der Waals surface area contributed by atoms with E-state index in [9.17, 15) is 0 Å². The third-order valence-corrected chi connectivity index (χ3v) is 12.4. The van der Waals surface area contributed by atoms with Crippen molar-refractivity contribution in [1.82, 2.24) is 0 Å². The molecular formula is C70H64Cl2Ti2-2. The number of hydrogen-bond acceptors (Lipinski definition) is 0. The van der Waals surface area contributed by atoms with Gasteiger partial charge in [-0.15, -0.1) is 116 Å². The number of fused-ring (bicyclic) bond motifs is 4. The molecule has 0 bridgehead atoms. The first-order valence-electron chi connectivity index (χ1n) is 24.8. The zero-order valence-corrected chi connectivity index (χ0v) is 48.5. The van der Waals surface area contributed by atoms with Gasteiger partial charge in [0.05, 0.1) is 0 Å². The van der Waals surface area contributed by atoms with Gasteiger partial charge in [0.1, 0.15) is 0 Å². The maximum Gasteiger partial charge on any atom is -0.0279 e. The van der Waals surface area contributed by atoms with Crippen LogP contribution in [0.25, 0.3) is 87.6 Å². The first-order chi connectivity index (χ1) is 34.9. The molecule has 368 valence electrons. The van der Waals surface area contributed by atoms with E-state index in [4.69, 9.17) is 0 Å². The van der Waals surface area contributed by atoms with Crippen LogP contribution in [0, 0.1) is 27.7 Å². The molecule has 0 aliphatic carbocycles. The standard InChI is InChI=1S/4C16H13.2C3H6.2ClH.2Ti/c4*1-12-10-11-14-8-5-9-15(16(12)14)13-6-3-2-4-7-13;2*1-3-2;;;;/h4*2-11H,1H3;2*1-2H3;2*1H;;/q4*-1;;;;;2*+2/p-2. The van der Waals surface area contributed by atoms with Gasteiger partial charge in [-0.2, -0.15) is 46.5 Å². The van der Waals surface area contributed by atoms with Crippen molar-refractivity contribution < 1.29 is 64.8 Å². The average Bonchev–Trinajstić information content (AvgIpc) is 4.20. The Bertz CT molecular complexity index is 3140. The van der Waals surface area contributed by atoms with Crippen molar-refractivity contribution in [2.24, 2.45) is 0 Å². The Morgan fingerprint density at radius 3 is 0.622 bits per heavy atom. The van der Waals surface area contributed by atoms with Gasteiger partial charge in [0, 0.05) is 0 Å². The summed E-state index contributed by atoms with van der Waals surface area (Å²) in [4.78, 5) is 0. The smallest absolute Gasteiger partial charge is 0.0279 e. The maximum absolute atomic E-state index is 2.20. The Morgan fingerprint density at radius 2 is 0.446 bits per heavy atom. The molecule has 0 radical (unpaired) electrons. The molecule has 0 saturated heterocycles. The quantitative estimate of drug-likeness (QED) is 0.122. The predicted octanol–water partition coefficient (Wildman–Crippen LogP) is 13.6. The van der Waals surface area contributed by atoms with Gasteiger partial charge < -0.3 is 24.8 Å². The minimum absolute atomic E-state index is 0. The van der Waals surface area contributed by atoms with Crippen LogP contribution in [0.3, 0.4) is 0 Å². The summed E-state index contributed by atoms with van der Waals surface area (Å²) in [6.45, 7) is 17.0. The van der Waals surface area contributed by atoms with Crippen molar-refractivity contribution in [1.29, 1.82) is 0 Å². The van der Waals surface area contributed by atoms with Gasteiger partial charge in [-0.3, -0.25) is 0 Å². The molecule has 12 rings (SSSR count). The van der Waals surface area contributed by atoms with Crippen LogP contribution >= 0.6 is 0 Å². The van der Waals surface area contributed by atoms with Gasteiger partial charge in [0.2, 0.25) is 0 Å². The molecule has 0 atom stereocenters. The second kappa shape index (κ2) is 29.1. The fourth-order valence-electron chi connectivity index (χ4n) is 9.22. The average molecular weight is 1070 g/mol. The third-order valence-electron chi connectivity index (χ3n) is 12.4. The van der Waals surface area contributed by atoms with E-state index in [1.165, 1.54) is 117 Å². The number of rotatable bonds is 4. The third kappa shape index (κ3) is 15.5. The first-order valence-corrected chi connectivity index (χ1v) is 26.3. The second-order valence-electron chi connectivity index (χ2n) is 18.6. The number of aryl methyl sites for hydroxylation is 4. The van der Waals surface area contributed by atoms with E-state index >= 15 is 0 Å². The predicted molar refractivity (Wildman–Crippen MR) is 312 cm³/mol. The monoisotopic (exact) mass is 1070 g/mol. The summed E-state index contributed by atoms with van der Waals surface area (Å²) in [5, 5.41) is 10.9. The summed E-state index contributed by atoms with van der Waals surface area (Å²) in [5.41, 5.74) is 15.9. The van der Waals surface area contributed by atoms with Crippen LogP contribution in [0.1, 0.15) is 49.9 Å². The van der Waals surface area contributed by atoms with E-state index < -0.39 is 0 Å². The van der Waals surface area contributed by atoms with Crippen molar-refractivity contribution in [3.05, 3.63) is 265 Å². The summed E-state index contributed by atoms with van der Waals surface area (Å²) in [7, 11) is 0. The molecule has 0 nitrogen and oxygen atoms in total. The van der Waals surface area contributed by atoms with Gasteiger partial charge in [0.15, 0.2) is 0 Å². The Balaban J connectivity index is 0.000000173. The maximum atomic E-state index is 2.20. The molecule has 12 aromatic rings. The number of hydrogen-bond donors (Lipinski definition) is 0. The Morgan fingerprint density at radius 1 is 0.270 bits per heavy atom. The van der Waals surface area contributed by atoms with Gasteiger partial charge in [-0.1, -0.05) is 196 Å². The molecule has 0 unspecified atom stereocenters. The second-order valence-corrected chi connectivity index (χ2v) is 21.7. The van der Waals surface area contributed by atoms with Crippen molar-refractivity contribution in [3.63, 3.8) is 0 Å². The normalized spacial score (nSPS) is 10.1. The molecular weight excluding hydrogens is 1010 g/mol. The van der Waals surface area contributed by atoms with Crippen LogP contribution in [0.2, 0.25) is 0 Å². The zero-order valence-electron chi connectivity index (χ0n) is 43.8. The summed E-state index contributed by atoms with van der Waals surface area (Å²) in [6.07, 6.45) is 0. The summed E-state index contributed by atoms with van der Waals surface area (Å²) in [5.74, 6) is 0. The molecule has 0 saturated carbocycles. The molecule has 0 spiro atoms. The van der Waals surface area contributed by atoms with Crippen LogP contribution in [0.5, 0.6) is 0 Å². The van der Waals surface area contributed by atoms with Gasteiger partial charge in [0.25, 0.3) is 0 Å². The Hall–Kier alpha value is -6.05. The molecule has 12 aromatic carbocycles. The summed E-state index contributed by atoms with van der Waals surface area (Å²) in [6, 6.07) is 85.8. The zero-order chi connectivity index (χ0) is 51.0. The molecule has 0 fully saturated rings. The van der Waals surface area contributed by atoms with Crippen molar-refractivity contribution in [3.8, 4) is 44.5 Å². The fourth-order valence-corrected chi connectivity index (χ4v) is 9.22. The summed E-state index contributed by atoms with van der Waals surface area (Å²) < 4.78 is 2.83.